The van der Waals surface area contributed by atoms with Gasteiger partial charge in [-0.3, -0.25) is 0 Å². The first-order valence-corrected chi connectivity index (χ1v) is 7.29. The highest BCUT2D eigenvalue weighted by Crippen LogP contribution is 2.33. The fourth-order valence-electron chi connectivity index (χ4n) is 2.69. The van der Waals surface area contributed by atoms with E-state index >= 15 is 0 Å². The summed E-state index contributed by atoms with van der Waals surface area (Å²) in [6.45, 7) is 2.02. The molecule has 0 fully saturated rings. The maximum atomic E-state index is 14.8. The largest absolute Gasteiger partial charge is 0.491 e. The van der Waals surface area contributed by atoms with E-state index in [1.165, 1.54) is 13.2 Å². The molecule has 0 saturated heterocycles. The van der Waals surface area contributed by atoms with Crippen molar-refractivity contribution in [1.29, 1.82) is 0 Å². The molecule has 0 aliphatic rings. The van der Waals surface area contributed by atoms with Crippen LogP contribution in [-0.4, -0.2) is 7.11 Å². The Kier molecular flexibility index (Phi) is 3.99. The van der Waals surface area contributed by atoms with Gasteiger partial charge in [-0.1, -0.05) is 37.3 Å². The maximum absolute atomic E-state index is 14.8. The Labute approximate surface area is 132 Å². The maximum Gasteiger partial charge on any atom is 0.190 e. The Morgan fingerprint density at radius 3 is 2.22 bits per heavy atom. The normalized spacial score (nSPS) is 11.0. The van der Waals surface area contributed by atoms with Gasteiger partial charge < -0.3 is 4.74 Å². The molecule has 3 aromatic carbocycles. The summed E-state index contributed by atoms with van der Waals surface area (Å²) >= 11 is 0. The number of aryl methyl sites for hydroxylation is 1. The summed E-state index contributed by atoms with van der Waals surface area (Å²) in [7, 11) is 1.18. The number of benzene rings is 3. The Bertz CT molecular complexity index is 864. The molecule has 4 heteroatoms. The highest BCUT2D eigenvalue weighted by molar-refractivity contribution is 5.88. The van der Waals surface area contributed by atoms with E-state index in [2.05, 4.69) is 4.74 Å². The quantitative estimate of drug-likeness (QED) is 0.620. The minimum atomic E-state index is -0.858. The van der Waals surface area contributed by atoms with Gasteiger partial charge in [0.25, 0.3) is 0 Å². The molecule has 0 radical (unpaired) electrons. The highest BCUT2D eigenvalue weighted by atomic mass is 19.1. The molecule has 0 aliphatic heterocycles. The van der Waals surface area contributed by atoms with Crippen LogP contribution in [0.25, 0.3) is 21.9 Å². The van der Waals surface area contributed by atoms with Gasteiger partial charge >= 0.3 is 0 Å². The van der Waals surface area contributed by atoms with Gasteiger partial charge in [0.2, 0.25) is 0 Å². The van der Waals surface area contributed by atoms with Crippen molar-refractivity contribution in [3.8, 4) is 16.9 Å². The predicted octanol–water partition coefficient (Wildman–Crippen LogP) is 5.50. The fourth-order valence-corrected chi connectivity index (χ4v) is 2.69. The second-order valence-corrected chi connectivity index (χ2v) is 5.31. The molecule has 0 bridgehead atoms. The lowest BCUT2D eigenvalue weighted by atomic mass is 9.98. The average Bonchev–Trinajstić information content (AvgIpc) is 2.54. The van der Waals surface area contributed by atoms with Gasteiger partial charge in [0.1, 0.15) is 5.82 Å². The molecule has 3 aromatic rings. The lowest BCUT2D eigenvalue weighted by molar-refractivity contribution is 0.360. The molecule has 0 spiro atoms. The van der Waals surface area contributed by atoms with E-state index < -0.39 is 23.2 Å². The first kappa shape index (κ1) is 15.4. The Hall–Kier alpha value is -2.49. The summed E-state index contributed by atoms with van der Waals surface area (Å²) in [5.74, 6) is -2.68. The average molecular weight is 316 g/mol. The summed E-state index contributed by atoms with van der Waals surface area (Å²) in [6.07, 6.45) is 0.855. The second kappa shape index (κ2) is 5.95. The lowest BCUT2D eigenvalue weighted by Gasteiger charge is -2.10. The lowest BCUT2D eigenvalue weighted by Crippen LogP contribution is -1.95. The van der Waals surface area contributed by atoms with E-state index in [9.17, 15) is 13.2 Å². The number of methoxy groups -OCH3 is 1. The summed E-state index contributed by atoms with van der Waals surface area (Å²) < 4.78 is 47.1. The molecule has 1 nitrogen and oxygen atoms in total. The van der Waals surface area contributed by atoms with E-state index in [-0.39, 0.29) is 11.1 Å². The van der Waals surface area contributed by atoms with Gasteiger partial charge in [0.05, 0.1) is 7.11 Å². The van der Waals surface area contributed by atoms with E-state index in [1.54, 1.807) is 12.1 Å². The van der Waals surface area contributed by atoms with Crippen LogP contribution >= 0.6 is 0 Å². The Morgan fingerprint density at radius 1 is 0.913 bits per heavy atom. The van der Waals surface area contributed by atoms with Gasteiger partial charge in [-0.25, -0.2) is 13.2 Å². The number of ether oxygens (including phenoxy) is 1. The highest BCUT2D eigenvalue weighted by Gasteiger charge is 2.16. The van der Waals surface area contributed by atoms with Crippen LogP contribution in [0, 0.1) is 17.5 Å². The Balaban J connectivity index is 2.19. The van der Waals surface area contributed by atoms with Crippen molar-refractivity contribution >= 4 is 10.8 Å². The summed E-state index contributed by atoms with van der Waals surface area (Å²) in [5.41, 5.74) is 1.40. The standard InChI is InChI=1S/C19H15F3O/c1-3-11-4-6-14-12(8-11)5-7-15(18(14)22)13-9-16(20)19(23-2)17(21)10-13/h4-10H,3H2,1-2H3. The van der Waals surface area contributed by atoms with Crippen molar-refractivity contribution in [2.45, 2.75) is 13.3 Å². The number of fused-ring (bicyclic) bond motifs is 1. The summed E-state index contributed by atoms with van der Waals surface area (Å²) in [4.78, 5) is 0. The molecule has 0 N–H and O–H groups in total. The van der Waals surface area contributed by atoms with Gasteiger partial charge in [-0.05, 0) is 35.1 Å². The molecule has 0 amide bonds. The van der Waals surface area contributed by atoms with Crippen LogP contribution in [-0.2, 0) is 6.42 Å². The van der Waals surface area contributed by atoms with Crippen molar-refractivity contribution < 1.29 is 17.9 Å². The third kappa shape index (κ3) is 2.65. The molecule has 0 atom stereocenters. The predicted molar refractivity (Wildman–Crippen MR) is 85.2 cm³/mol. The number of rotatable bonds is 3. The van der Waals surface area contributed by atoms with Crippen molar-refractivity contribution in [2.75, 3.05) is 7.11 Å². The van der Waals surface area contributed by atoms with E-state index in [1.807, 2.05) is 19.1 Å². The second-order valence-electron chi connectivity index (χ2n) is 5.31. The van der Waals surface area contributed by atoms with E-state index in [4.69, 9.17) is 0 Å². The Morgan fingerprint density at radius 2 is 1.61 bits per heavy atom. The molecular formula is C19H15F3O. The number of halogens is 3. The topological polar surface area (TPSA) is 9.23 Å². The van der Waals surface area contributed by atoms with Gasteiger partial charge in [-0.15, -0.1) is 0 Å². The summed E-state index contributed by atoms with van der Waals surface area (Å²) in [6, 6.07) is 10.9. The molecule has 0 saturated carbocycles. The zero-order chi connectivity index (χ0) is 16.6. The molecule has 0 aromatic heterocycles. The van der Waals surface area contributed by atoms with Crippen LogP contribution in [0.1, 0.15) is 12.5 Å². The minimum Gasteiger partial charge on any atom is -0.491 e. The molecule has 0 aliphatic carbocycles. The van der Waals surface area contributed by atoms with Crippen LogP contribution in [0.5, 0.6) is 5.75 Å². The van der Waals surface area contributed by atoms with Crippen LogP contribution < -0.4 is 4.74 Å². The number of hydrogen-bond acceptors (Lipinski definition) is 1. The van der Waals surface area contributed by atoms with Crippen LogP contribution in [0.2, 0.25) is 0 Å². The molecule has 3 rings (SSSR count). The van der Waals surface area contributed by atoms with E-state index in [0.29, 0.717) is 5.39 Å². The molecule has 0 heterocycles. The fraction of sp³-hybridized carbons (Fsp3) is 0.158. The zero-order valence-corrected chi connectivity index (χ0v) is 12.8. The van der Waals surface area contributed by atoms with Crippen molar-refractivity contribution in [1.82, 2.24) is 0 Å². The van der Waals surface area contributed by atoms with Crippen molar-refractivity contribution in [2.24, 2.45) is 0 Å². The van der Waals surface area contributed by atoms with Crippen molar-refractivity contribution in [3.63, 3.8) is 0 Å². The third-order valence-electron chi connectivity index (χ3n) is 3.94. The minimum absolute atomic E-state index is 0.139. The van der Waals surface area contributed by atoms with E-state index in [0.717, 1.165) is 29.5 Å². The van der Waals surface area contributed by atoms with Gasteiger partial charge in [0, 0.05) is 10.9 Å². The summed E-state index contributed by atoms with van der Waals surface area (Å²) in [5, 5.41) is 1.19. The number of hydrogen-bond donors (Lipinski definition) is 0. The molecule has 118 valence electrons. The first-order valence-electron chi connectivity index (χ1n) is 7.29. The zero-order valence-electron chi connectivity index (χ0n) is 12.8. The van der Waals surface area contributed by atoms with Crippen LogP contribution in [0.15, 0.2) is 42.5 Å². The molecular weight excluding hydrogens is 301 g/mol. The molecule has 0 unspecified atom stereocenters. The van der Waals surface area contributed by atoms with Crippen LogP contribution in [0.3, 0.4) is 0 Å². The first-order chi connectivity index (χ1) is 11.0. The van der Waals surface area contributed by atoms with Crippen molar-refractivity contribution in [3.05, 3.63) is 65.5 Å². The third-order valence-corrected chi connectivity index (χ3v) is 3.94. The SMILES string of the molecule is CCc1ccc2c(F)c(-c3cc(F)c(OC)c(F)c3)ccc2c1. The smallest absolute Gasteiger partial charge is 0.190 e. The molecule has 23 heavy (non-hydrogen) atoms. The van der Waals surface area contributed by atoms with Gasteiger partial charge in [0.15, 0.2) is 17.4 Å². The van der Waals surface area contributed by atoms with Crippen LogP contribution in [0.4, 0.5) is 13.2 Å². The van der Waals surface area contributed by atoms with Gasteiger partial charge in [-0.2, -0.15) is 0 Å². The monoisotopic (exact) mass is 316 g/mol.